The molecule has 0 amide bonds. The number of rotatable bonds is 3. The van der Waals surface area contributed by atoms with Gasteiger partial charge in [-0.2, -0.15) is 0 Å². The molecule has 0 spiro atoms. The maximum Gasteiger partial charge on any atom is 0.0380 e. The van der Waals surface area contributed by atoms with E-state index >= 15 is 0 Å². The highest BCUT2D eigenvalue weighted by Crippen LogP contribution is 2.27. The summed E-state index contributed by atoms with van der Waals surface area (Å²) >= 11 is 3.60. The Balaban J connectivity index is 1.70. The maximum absolute atomic E-state index is 3.77. The lowest BCUT2D eigenvalue weighted by Gasteiger charge is -2.35. The minimum absolute atomic E-state index is 0.686. The molecule has 1 saturated heterocycles. The Morgan fingerprint density at radius 1 is 1.17 bits per heavy atom. The van der Waals surface area contributed by atoms with Crippen LogP contribution in [-0.2, 0) is 0 Å². The summed E-state index contributed by atoms with van der Waals surface area (Å²) in [6.45, 7) is 4.52. The fourth-order valence-corrected chi connectivity index (χ4v) is 3.43. The van der Waals surface area contributed by atoms with Crippen LogP contribution < -0.4 is 10.2 Å². The van der Waals surface area contributed by atoms with Gasteiger partial charge in [-0.05, 0) is 56.4 Å². The summed E-state index contributed by atoms with van der Waals surface area (Å²) in [5.41, 5.74) is 2.70. The summed E-state index contributed by atoms with van der Waals surface area (Å²) in [5, 5.41) is 3.77. The summed E-state index contributed by atoms with van der Waals surface area (Å²) < 4.78 is 1.19. The van der Waals surface area contributed by atoms with Gasteiger partial charge in [-0.25, -0.2) is 0 Å². The normalized spacial score (nSPS) is 24.3. The Morgan fingerprint density at radius 3 is 2.72 bits per heavy atom. The van der Waals surface area contributed by atoms with E-state index in [1.165, 1.54) is 48.0 Å². The minimum atomic E-state index is 0.686. The lowest BCUT2D eigenvalue weighted by molar-refractivity contribution is 0.420. The molecular weight excluding hydrogens is 288 g/mol. The first kappa shape index (κ1) is 12.5. The van der Waals surface area contributed by atoms with Gasteiger partial charge in [-0.15, -0.1) is 0 Å². The molecule has 2 fully saturated rings. The Labute approximate surface area is 118 Å². The first-order chi connectivity index (χ1) is 8.70. The molecule has 1 aliphatic heterocycles. The molecule has 1 unspecified atom stereocenters. The molecule has 1 aliphatic carbocycles. The quantitative estimate of drug-likeness (QED) is 0.919. The smallest absolute Gasteiger partial charge is 0.0380 e. The minimum Gasteiger partial charge on any atom is -0.370 e. The third-order valence-corrected chi connectivity index (χ3v) is 4.32. The van der Waals surface area contributed by atoms with Gasteiger partial charge in [0.1, 0.15) is 0 Å². The van der Waals surface area contributed by atoms with E-state index in [0.29, 0.717) is 6.04 Å². The van der Waals surface area contributed by atoms with Crippen LogP contribution in [0.15, 0.2) is 22.7 Å². The Bertz CT molecular complexity index is 408. The second-order valence-corrected chi connectivity index (χ2v) is 6.63. The fourth-order valence-electron chi connectivity index (χ4n) is 2.83. The summed E-state index contributed by atoms with van der Waals surface area (Å²) in [5.74, 6) is 0. The average Bonchev–Trinajstić information content (AvgIpc) is 3.12. The van der Waals surface area contributed by atoms with Gasteiger partial charge in [0.2, 0.25) is 0 Å². The molecule has 1 N–H and O–H groups in total. The van der Waals surface area contributed by atoms with Crippen molar-refractivity contribution in [2.45, 2.75) is 44.7 Å². The standard InChI is InChI=1S/C15H21BrN2/c1-11-7-12(16)9-15(8-11)18-6-2-3-14(10-18)17-13-4-5-13/h7-9,13-14,17H,2-6,10H2,1H3. The van der Waals surface area contributed by atoms with Gasteiger partial charge in [-0.3, -0.25) is 0 Å². The number of piperidine rings is 1. The summed E-state index contributed by atoms with van der Waals surface area (Å²) in [6.07, 6.45) is 5.40. The maximum atomic E-state index is 3.77. The second kappa shape index (κ2) is 5.22. The molecule has 1 heterocycles. The molecule has 0 bridgehead atoms. The van der Waals surface area contributed by atoms with Crippen LogP contribution in [0.5, 0.6) is 0 Å². The van der Waals surface area contributed by atoms with Crippen molar-refractivity contribution in [1.82, 2.24) is 5.32 Å². The van der Waals surface area contributed by atoms with Crippen molar-refractivity contribution >= 4 is 21.6 Å². The van der Waals surface area contributed by atoms with Crippen molar-refractivity contribution < 1.29 is 0 Å². The Morgan fingerprint density at radius 2 is 2.00 bits per heavy atom. The highest BCUT2D eigenvalue weighted by molar-refractivity contribution is 9.10. The van der Waals surface area contributed by atoms with E-state index in [1.54, 1.807) is 0 Å². The average molecular weight is 309 g/mol. The van der Waals surface area contributed by atoms with Gasteiger partial charge in [0, 0.05) is 35.3 Å². The van der Waals surface area contributed by atoms with Gasteiger partial charge in [0.05, 0.1) is 0 Å². The van der Waals surface area contributed by atoms with Crippen LogP contribution in [0.4, 0.5) is 5.69 Å². The summed E-state index contributed by atoms with van der Waals surface area (Å²) in [6, 6.07) is 8.22. The number of nitrogens with one attached hydrogen (secondary N) is 1. The van der Waals surface area contributed by atoms with Gasteiger partial charge in [0.15, 0.2) is 0 Å². The number of nitrogens with zero attached hydrogens (tertiary/aromatic N) is 1. The Hall–Kier alpha value is -0.540. The van der Waals surface area contributed by atoms with E-state index in [1.807, 2.05) is 0 Å². The third-order valence-electron chi connectivity index (χ3n) is 3.86. The van der Waals surface area contributed by atoms with Crippen LogP contribution >= 0.6 is 15.9 Å². The monoisotopic (exact) mass is 308 g/mol. The van der Waals surface area contributed by atoms with E-state index < -0.39 is 0 Å². The number of halogens is 1. The largest absolute Gasteiger partial charge is 0.370 e. The lowest BCUT2D eigenvalue weighted by atomic mass is 10.0. The molecule has 98 valence electrons. The van der Waals surface area contributed by atoms with Crippen molar-refractivity contribution in [1.29, 1.82) is 0 Å². The third kappa shape index (κ3) is 3.07. The van der Waals surface area contributed by atoms with Crippen molar-refractivity contribution in [3.8, 4) is 0 Å². The van der Waals surface area contributed by atoms with Crippen molar-refractivity contribution in [3.05, 3.63) is 28.2 Å². The van der Waals surface area contributed by atoms with Crippen LogP contribution in [0.1, 0.15) is 31.2 Å². The van der Waals surface area contributed by atoms with Gasteiger partial charge in [0.25, 0.3) is 0 Å². The predicted octanol–water partition coefficient (Wildman–Crippen LogP) is 3.48. The van der Waals surface area contributed by atoms with E-state index in [9.17, 15) is 0 Å². The first-order valence-corrected chi connectivity index (χ1v) is 7.78. The Kier molecular flexibility index (Phi) is 3.62. The molecule has 3 heteroatoms. The number of aryl methyl sites for hydroxylation is 1. The number of anilines is 1. The zero-order chi connectivity index (χ0) is 12.5. The summed E-state index contributed by atoms with van der Waals surface area (Å²) in [4.78, 5) is 2.53. The van der Waals surface area contributed by atoms with E-state index in [4.69, 9.17) is 0 Å². The molecule has 0 radical (unpaired) electrons. The highest BCUT2D eigenvalue weighted by Gasteiger charge is 2.27. The molecule has 3 rings (SSSR count). The highest BCUT2D eigenvalue weighted by atomic mass is 79.9. The molecule has 1 aromatic carbocycles. The molecular formula is C15H21BrN2. The first-order valence-electron chi connectivity index (χ1n) is 6.99. The fraction of sp³-hybridized carbons (Fsp3) is 0.600. The SMILES string of the molecule is Cc1cc(Br)cc(N2CCCC(NC3CC3)C2)c1. The van der Waals surface area contributed by atoms with Crippen molar-refractivity contribution in [3.63, 3.8) is 0 Å². The topological polar surface area (TPSA) is 15.3 Å². The molecule has 1 saturated carbocycles. The van der Waals surface area contributed by atoms with Crippen LogP contribution in [0.25, 0.3) is 0 Å². The molecule has 1 aromatic rings. The van der Waals surface area contributed by atoms with Crippen LogP contribution in [-0.4, -0.2) is 25.2 Å². The molecule has 2 nitrogen and oxygen atoms in total. The zero-order valence-corrected chi connectivity index (χ0v) is 12.5. The lowest BCUT2D eigenvalue weighted by Crippen LogP contribution is -2.46. The van der Waals surface area contributed by atoms with E-state index in [2.05, 4.69) is 51.3 Å². The number of hydrogen-bond acceptors (Lipinski definition) is 2. The second-order valence-electron chi connectivity index (χ2n) is 5.71. The van der Waals surface area contributed by atoms with Gasteiger partial charge >= 0.3 is 0 Å². The zero-order valence-electron chi connectivity index (χ0n) is 11.0. The molecule has 2 aliphatic rings. The number of benzene rings is 1. The molecule has 18 heavy (non-hydrogen) atoms. The van der Waals surface area contributed by atoms with E-state index in [0.717, 1.165) is 12.6 Å². The van der Waals surface area contributed by atoms with E-state index in [-0.39, 0.29) is 0 Å². The van der Waals surface area contributed by atoms with Crippen molar-refractivity contribution in [2.75, 3.05) is 18.0 Å². The van der Waals surface area contributed by atoms with Crippen molar-refractivity contribution in [2.24, 2.45) is 0 Å². The summed E-state index contributed by atoms with van der Waals surface area (Å²) in [7, 11) is 0. The molecule has 1 atom stereocenters. The predicted molar refractivity (Wildman–Crippen MR) is 80.3 cm³/mol. The molecule has 0 aromatic heterocycles. The van der Waals surface area contributed by atoms with Crippen LogP contribution in [0, 0.1) is 6.92 Å². The number of hydrogen-bond donors (Lipinski definition) is 1. The van der Waals surface area contributed by atoms with Gasteiger partial charge in [-0.1, -0.05) is 15.9 Å². The van der Waals surface area contributed by atoms with Crippen LogP contribution in [0.2, 0.25) is 0 Å². The van der Waals surface area contributed by atoms with Gasteiger partial charge < -0.3 is 10.2 Å². The van der Waals surface area contributed by atoms with Crippen LogP contribution in [0.3, 0.4) is 0 Å².